The molecule has 128 valence electrons. The summed E-state index contributed by atoms with van der Waals surface area (Å²) in [6, 6.07) is 15.0. The van der Waals surface area contributed by atoms with Gasteiger partial charge in [0.15, 0.2) is 0 Å². The molecule has 3 rings (SSSR count). The number of benzene rings is 2. The fourth-order valence-electron chi connectivity index (χ4n) is 2.28. The molecule has 25 heavy (non-hydrogen) atoms. The van der Waals surface area contributed by atoms with Crippen LogP contribution in [0.2, 0.25) is 0 Å². The predicted octanol–water partition coefficient (Wildman–Crippen LogP) is 2.06. The Morgan fingerprint density at radius 3 is 2.68 bits per heavy atom. The first-order valence-corrected chi connectivity index (χ1v) is 9.25. The minimum atomic E-state index is -0.429. The summed E-state index contributed by atoms with van der Waals surface area (Å²) in [6.07, 6.45) is 0. The van der Waals surface area contributed by atoms with Crippen molar-refractivity contribution in [3.05, 3.63) is 58.9 Å². The van der Waals surface area contributed by atoms with Gasteiger partial charge in [-0.15, -0.1) is 16.9 Å². The van der Waals surface area contributed by atoms with Crippen molar-refractivity contribution >= 4 is 45.1 Å². The molecule has 0 saturated carbocycles. The molecule has 2 amide bonds. The number of hydrogen-bond acceptors (Lipinski definition) is 5. The van der Waals surface area contributed by atoms with Gasteiger partial charge < -0.3 is 10.3 Å². The molecule has 0 bridgehead atoms. The van der Waals surface area contributed by atoms with Crippen LogP contribution in [0.3, 0.4) is 0 Å². The average molecular weight is 372 g/mol. The Bertz CT molecular complexity index is 1010. The number of aromatic nitrogens is 1. The zero-order chi connectivity index (χ0) is 17.8. The number of nitrogens with zero attached hydrogens (tertiary/aromatic N) is 2. The van der Waals surface area contributed by atoms with Gasteiger partial charge in [0, 0.05) is 11.9 Å². The molecule has 0 saturated heterocycles. The standard InChI is InChI=1S/C17H16N4O2S2/c1-21-12-7-3-5-9-14(12)25-17(21)20-19-16(23)11-6-2-4-8-13(11)24-10-15(18)22/h2-9H,10H2,1H3,(H2,18,22)(H,19,23). The van der Waals surface area contributed by atoms with Crippen molar-refractivity contribution in [1.29, 1.82) is 0 Å². The van der Waals surface area contributed by atoms with Gasteiger partial charge in [-0.05, 0) is 24.3 Å². The number of rotatable bonds is 5. The van der Waals surface area contributed by atoms with Crippen molar-refractivity contribution in [3.8, 4) is 0 Å². The Morgan fingerprint density at radius 1 is 1.20 bits per heavy atom. The van der Waals surface area contributed by atoms with Crippen LogP contribution in [0.5, 0.6) is 0 Å². The van der Waals surface area contributed by atoms with Crippen molar-refractivity contribution in [2.45, 2.75) is 4.90 Å². The molecule has 6 nitrogen and oxygen atoms in total. The van der Waals surface area contributed by atoms with Crippen LogP contribution >= 0.6 is 23.1 Å². The molecule has 1 aromatic heterocycles. The highest BCUT2D eigenvalue weighted by Gasteiger charge is 2.12. The van der Waals surface area contributed by atoms with E-state index in [1.165, 1.54) is 23.1 Å². The van der Waals surface area contributed by atoms with E-state index in [1.807, 2.05) is 41.9 Å². The zero-order valence-corrected chi connectivity index (χ0v) is 15.1. The van der Waals surface area contributed by atoms with Crippen LogP contribution in [0.25, 0.3) is 10.2 Å². The molecule has 0 unspecified atom stereocenters. The molecule has 3 aromatic rings. The van der Waals surface area contributed by atoms with E-state index in [4.69, 9.17) is 5.73 Å². The van der Waals surface area contributed by atoms with Crippen molar-refractivity contribution in [2.24, 2.45) is 17.9 Å². The number of hydrogen-bond donors (Lipinski definition) is 2. The fraction of sp³-hybridized carbons (Fsp3) is 0.118. The van der Waals surface area contributed by atoms with Gasteiger partial charge in [0.1, 0.15) is 0 Å². The minimum Gasteiger partial charge on any atom is -0.369 e. The molecule has 3 N–H and O–H groups in total. The van der Waals surface area contributed by atoms with Gasteiger partial charge in [0.25, 0.3) is 5.91 Å². The third kappa shape index (κ3) is 3.92. The van der Waals surface area contributed by atoms with Gasteiger partial charge >= 0.3 is 0 Å². The van der Waals surface area contributed by atoms with Gasteiger partial charge in [-0.2, -0.15) is 0 Å². The van der Waals surface area contributed by atoms with Crippen LogP contribution in [-0.2, 0) is 11.8 Å². The molecule has 8 heteroatoms. The van der Waals surface area contributed by atoms with Crippen LogP contribution in [0.4, 0.5) is 0 Å². The molecule has 0 radical (unpaired) electrons. The molecule has 0 atom stereocenters. The average Bonchev–Trinajstić information content (AvgIpc) is 2.94. The number of thiazole rings is 1. The first-order chi connectivity index (χ1) is 12.1. The maximum absolute atomic E-state index is 12.5. The number of nitrogens with two attached hydrogens (primary N) is 1. The van der Waals surface area contributed by atoms with E-state index in [1.54, 1.807) is 18.2 Å². The van der Waals surface area contributed by atoms with Crippen molar-refractivity contribution in [3.63, 3.8) is 0 Å². The molecular formula is C17H16N4O2S2. The zero-order valence-electron chi connectivity index (χ0n) is 13.4. The summed E-state index contributed by atoms with van der Waals surface area (Å²) in [6.45, 7) is 0. The summed E-state index contributed by atoms with van der Waals surface area (Å²) >= 11 is 2.73. The van der Waals surface area contributed by atoms with Crippen LogP contribution in [0, 0.1) is 0 Å². The number of para-hydroxylation sites is 1. The molecule has 1 heterocycles. The highest BCUT2D eigenvalue weighted by atomic mass is 32.2. The molecular weight excluding hydrogens is 356 g/mol. The lowest BCUT2D eigenvalue weighted by Gasteiger charge is -2.06. The van der Waals surface area contributed by atoms with Crippen LogP contribution in [0.1, 0.15) is 10.4 Å². The minimum absolute atomic E-state index is 0.118. The predicted molar refractivity (Wildman–Crippen MR) is 100 cm³/mol. The largest absolute Gasteiger partial charge is 0.369 e. The number of thioether (sulfide) groups is 1. The molecule has 2 aromatic carbocycles. The quantitative estimate of drug-likeness (QED) is 0.531. The van der Waals surface area contributed by atoms with Crippen molar-refractivity contribution in [1.82, 2.24) is 9.99 Å². The third-order valence-electron chi connectivity index (χ3n) is 3.47. The van der Waals surface area contributed by atoms with E-state index in [2.05, 4.69) is 10.5 Å². The number of carbonyl (C=O) groups excluding carboxylic acids is 2. The topological polar surface area (TPSA) is 89.5 Å². The lowest BCUT2D eigenvalue weighted by Crippen LogP contribution is -2.23. The van der Waals surface area contributed by atoms with Crippen molar-refractivity contribution < 1.29 is 9.59 Å². The molecule has 0 spiro atoms. The summed E-state index contributed by atoms with van der Waals surface area (Å²) in [5.74, 6) is -0.639. The van der Waals surface area contributed by atoms with Gasteiger partial charge in [-0.3, -0.25) is 9.59 Å². The SMILES string of the molecule is Cn1c(=NNC(=O)c2ccccc2SCC(N)=O)sc2ccccc21. The lowest BCUT2D eigenvalue weighted by molar-refractivity contribution is -0.115. The second-order valence-electron chi connectivity index (χ2n) is 5.22. The molecule has 0 fully saturated rings. The Balaban J connectivity index is 1.85. The van der Waals surface area contributed by atoms with Gasteiger partial charge in [0.2, 0.25) is 10.7 Å². The van der Waals surface area contributed by atoms with Crippen LogP contribution < -0.4 is 16.0 Å². The number of primary amides is 1. The van der Waals surface area contributed by atoms with Gasteiger partial charge in [-0.1, -0.05) is 35.6 Å². The maximum atomic E-state index is 12.5. The second kappa shape index (κ2) is 7.54. The van der Waals surface area contributed by atoms with Crippen molar-refractivity contribution in [2.75, 3.05) is 5.75 Å². The van der Waals surface area contributed by atoms with Gasteiger partial charge in [-0.25, -0.2) is 5.43 Å². The smallest absolute Gasteiger partial charge is 0.272 e. The normalized spacial score (nSPS) is 11.6. The van der Waals surface area contributed by atoms with E-state index in [9.17, 15) is 9.59 Å². The first kappa shape index (κ1) is 17.2. The summed E-state index contributed by atoms with van der Waals surface area (Å²) in [7, 11) is 1.90. The Hall–Kier alpha value is -2.58. The highest BCUT2D eigenvalue weighted by molar-refractivity contribution is 8.00. The number of nitrogens with one attached hydrogen (secondary N) is 1. The number of carbonyl (C=O) groups is 2. The fourth-order valence-corrected chi connectivity index (χ4v) is 4.04. The Kier molecular flexibility index (Phi) is 5.20. The Morgan fingerprint density at radius 2 is 1.92 bits per heavy atom. The number of amides is 2. The summed E-state index contributed by atoms with van der Waals surface area (Å²) in [4.78, 5) is 24.8. The van der Waals surface area contributed by atoms with E-state index in [0.717, 1.165) is 10.2 Å². The highest BCUT2D eigenvalue weighted by Crippen LogP contribution is 2.22. The third-order valence-corrected chi connectivity index (χ3v) is 5.68. The maximum Gasteiger partial charge on any atom is 0.272 e. The van der Waals surface area contributed by atoms with E-state index in [0.29, 0.717) is 15.3 Å². The molecule has 0 aliphatic rings. The van der Waals surface area contributed by atoms with E-state index < -0.39 is 5.91 Å². The van der Waals surface area contributed by atoms with Gasteiger partial charge in [0.05, 0.1) is 21.5 Å². The number of aryl methyl sites for hydroxylation is 1. The molecule has 0 aliphatic carbocycles. The molecule has 0 aliphatic heterocycles. The van der Waals surface area contributed by atoms with Crippen LogP contribution in [-0.4, -0.2) is 22.1 Å². The van der Waals surface area contributed by atoms with E-state index >= 15 is 0 Å². The van der Waals surface area contributed by atoms with Crippen LogP contribution in [0.15, 0.2) is 58.5 Å². The monoisotopic (exact) mass is 372 g/mol. The first-order valence-electron chi connectivity index (χ1n) is 7.45. The Labute approximate surface area is 152 Å². The van der Waals surface area contributed by atoms with E-state index in [-0.39, 0.29) is 11.7 Å². The summed E-state index contributed by atoms with van der Waals surface area (Å²) in [5.41, 5.74) is 9.28. The second-order valence-corrected chi connectivity index (χ2v) is 7.24. The lowest BCUT2D eigenvalue weighted by atomic mass is 10.2. The summed E-state index contributed by atoms with van der Waals surface area (Å²) in [5, 5.41) is 4.24. The number of fused-ring (bicyclic) bond motifs is 1. The summed E-state index contributed by atoms with van der Waals surface area (Å²) < 4.78 is 3.02.